The van der Waals surface area contributed by atoms with E-state index in [2.05, 4.69) is 9.95 Å². The highest BCUT2D eigenvalue weighted by molar-refractivity contribution is 7.46. The monoisotopic (exact) mass is 306 g/mol. The SMILES string of the molecule is C[C@@](Cc1ccc(O)c(OP(=O)(O)O)c1)(NN)C(=O)O. The number of hydrazine groups is 1. The largest absolute Gasteiger partial charge is 0.524 e. The van der Waals surface area contributed by atoms with E-state index in [1.165, 1.54) is 13.0 Å². The summed E-state index contributed by atoms with van der Waals surface area (Å²) < 4.78 is 15.0. The standard InChI is InChI=1S/C10H15N2O7P/c1-10(12-11,9(14)15)5-6-2-3-7(13)8(4-6)19-20(16,17)18/h2-4,12-13H,5,11H2,1H3,(H,14,15)(H2,16,17,18)/t10-/m0/s1. The summed E-state index contributed by atoms with van der Waals surface area (Å²) in [6.45, 7) is 1.34. The van der Waals surface area contributed by atoms with Crippen molar-refractivity contribution in [3.05, 3.63) is 23.8 Å². The van der Waals surface area contributed by atoms with Gasteiger partial charge in [-0.05, 0) is 24.6 Å². The van der Waals surface area contributed by atoms with Crippen LogP contribution in [-0.2, 0) is 15.8 Å². The van der Waals surface area contributed by atoms with Gasteiger partial charge in [-0.1, -0.05) is 6.07 Å². The normalized spacial score (nSPS) is 14.6. The van der Waals surface area contributed by atoms with Crippen LogP contribution in [0.3, 0.4) is 0 Å². The number of nitrogens with two attached hydrogens (primary N) is 1. The molecular weight excluding hydrogens is 291 g/mol. The molecule has 7 N–H and O–H groups in total. The summed E-state index contributed by atoms with van der Waals surface area (Å²) in [6.07, 6.45) is -0.0867. The number of phosphoric acid groups is 1. The maximum atomic E-state index is 11.1. The molecule has 9 nitrogen and oxygen atoms in total. The van der Waals surface area contributed by atoms with Gasteiger partial charge in [0.15, 0.2) is 11.5 Å². The molecule has 0 aromatic heterocycles. The Kier molecular flexibility index (Phi) is 4.74. The fourth-order valence-electron chi connectivity index (χ4n) is 1.47. The zero-order valence-electron chi connectivity index (χ0n) is 10.5. The number of hydrogen-bond donors (Lipinski definition) is 6. The Bertz CT molecular complexity index is 559. The minimum atomic E-state index is -4.83. The van der Waals surface area contributed by atoms with E-state index in [0.717, 1.165) is 12.1 Å². The van der Waals surface area contributed by atoms with Crippen LogP contribution in [0, 0.1) is 0 Å². The lowest BCUT2D eigenvalue weighted by Crippen LogP contribution is -2.54. The Labute approximate surface area is 114 Å². The molecule has 0 fully saturated rings. The van der Waals surface area contributed by atoms with Gasteiger partial charge in [-0.25, -0.2) is 9.99 Å². The molecular formula is C10H15N2O7P. The fraction of sp³-hybridized carbons (Fsp3) is 0.300. The summed E-state index contributed by atoms with van der Waals surface area (Å²) in [5.74, 6) is 3.07. The average Bonchev–Trinajstić information content (AvgIpc) is 2.31. The first-order chi connectivity index (χ1) is 9.07. The number of phosphoric ester groups is 1. The molecule has 0 saturated heterocycles. The van der Waals surface area contributed by atoms with Crippen molar-refractivity contribution in [2.45, 2.75) is 18.9 Å². The van der Waals surface area contributed by atoms with Crippen LogP contribution in [-0.4, -0.2) is 31.5 Å². The van der Waals surface area contributed by atoms with Crippen molar-refractivity contribution < 1.29 is 33.9 Å². The number of nitrogens with one attached hydrogen (secondary N) is 1. The lowest BCUT2D eigenvalue weighted by Gasteiger charge is -2.24. The molecule has 0 unspecified atom stereocenters. The van der Waals surface area contributed by atoms with Crippen molar-refractivity contribution >= 4 is 13.8 Å². The third-order valence-electron chi connectivity index (χ3n) is 2.59. The van der Waals surface area contributed by atoms with Crippen LogP contribution in [0.4, 0.5) is 0 Å². The zero-order chi connectivity index (χ0) is 15.6. The molecule has 10 heteroatoms. The molecule has 0 saturated carbocycles. The lowest BCUT2D eigenvalue weighted by molar-refractivity contribution is -0.144. The molecule has 0 aliphatic carbocycles. The van der Waals surface area contributed by atoms with E-state index in [4.69, 9.17) is 20.7 Å². The van der Waals surface area contributed by atoms with E-state index in [-0.39, 0.29) is 6.42 Å². The van der Waals surface area contributed by atoms with Crippen molar-refractivity contribution in [2.75, 3.05) is 0 Å². The molecule has 112 valence electrons. The number of phenols is 1. The van der Waals surface area contributed by atoms with E-state index in [9.17, 15) is 14.5 Å². The van der Waals surface area contributed by atoms with Gasteiger partial charge >= 0.3 is 13.8 Å². The minimum absolute atomic E-state index is 0.0867. The highest BCUT2D eigenvalue weighted by Gasteiger charge is 2.32. The molecule has 0 aliphatic rings. The average molecular weight is 306 g/mol. The van der Waals surface area contributed by atoms with Crippen LogP contribution in [0.5, 0.6) is 11.5 Å². The van der Waals surface area contributed by atoms with Gasteiger partial charge in [-0.2, -0.15) is 0 Å². The number of carboxylic acids is 1. The van der Waals surface area contributed by atoms with Crippen LogP contribution in [0.2, 0.25) is 0 Å². The first kappa shape index (κ1) is 16.4. The Balaban J connectivity index is 3.07. The third kappa shape index (κ3) is 4.19. The summed E-state index contributed by atoms with van der Waals surface area (Å²) in [7, 11) is -4.83. The summed E-state index contributed by atoms with van der Waals surface area (Å²) in [5, 5.41) is 18.5. The van der Waals surface area contributed by atoms with Gasteiger partial charge in [0.25, 0.3) is 0 Å². The van der Waals surface area contributed by atoms with Gasteiger partial charge in [-0.15, -0.1) is 0 Å². The van der Waals surface area contributed by atoms with Gasteiger partial charge in [-0.3, -0.25) is 20.4 Å². The van der Waals surface area contributed by atoms with E-state index in [1.54, 1.807) is 0 Å². The Hall–Kier alpha value is -1.64. The Morgan fingerprint density at radius 3 is 2.55 bits per heavy atom. The van der Waals surface area contributed by atoms with Gasteiger partial charge < -0.3 is 14.7 Å². The summed E-state index contributed by atoms with van der Waals surface area (Å²) >= 11 is 0. The van der Waals surface area contributed by atoms with Crippen molar-refractivity contribution in [2.24, 2.45) is 5.84 Å². The Morgan fingerprint density at radius 2 is 2.10 bits per heavy atom. The molecule has 0 bridgehead atoms. The number of carbonyl (C=O) groups is 1. The number of hydrogen-bond acceptors (Lipinski definition) is 6. The number of phenolic OH excluding ortho intramolecular Hbond substituents is 1. The molecule has 0 radical (unpaired) electrons. The van der Waals surface area contributed by atoms with Crippen molar-refractivity contribution in [3.63, 3.8) is 0 Å². The van der Waals surface area contributed by atoms with E-state index < -0.39 is 30.8 Å². The maximum absolute atomic E-state index is 11.1. The van der Waals surface area contributed by atoms with Crippen molar-refractivity contribution in [1.82, 2.24) is 5.43 Å². The van der Waals surface area contributed by atoms with Crippen LogP contribution >= 0.6 is 7.82 Å². The topological polar surface area (TPSA) is 162 Å². The summed E-state index contributed by atoms with van der Waals surface area (Å²) in [6, 6.07) is 3.66. The molecule has 1 aromatic rings. The highest BCUT2D eigenvalue weighted by atomic mass is 31.2. The quantitative estimate of drug-likeness (QED) is 0.235. The van der Waals surface area contributed by atoms with Gasteiger partial charge in [0.1, 0.15) is 5.54 Å². The highest BCUT2D eigenvalue weighted by Crippen LogP contribution is 2.42. The Morgan fingerprint density at radius 1 is 1.50 bits per heavy atom. The van der Waals surface area contributed by atoms with Crippen LogP contribution in [0.1, 0.15) is 12.5 Å². The van der Waals surface area contributed by atoms with Crippen molar-refractivity contribution in [1.29, 1.82) is 0 Å². The van der Waals surface area contributed by atoms with E-state index in [0.29, 0.717) is 5.56 Å². The second-order valence-corrected chi connectivity index (χ2v) is 5.51. The molecule has 20 heavy (non-hydrogen) atoms. The molecule has 1 atom stereocenters. The summed E-state index contributed by atoms with van der Waals surface area (Å²) in [5.41, 5.74) is 1.03. The molecule has 0 spiro atoms. The predicted molar refractivity (Wildman–Crippen MR) is 67.8 cm³/mol. The van der Waals surface area contributed by atoms with Gasteiger partial charge in [0.2, 0.25) is 0 Å². The third-order valence-corrected chi connectivity index (χ3v) is 3.02. The first-order valence-electron chi connectivity index (χ1n) is 5.35. The van der Waals surface area contributed by atoms with Gasteiger partial charge in [0.05, 0.1) is 0 Å². The van der Waals surface area contributed by atoms with Crippen LogP contribution in [0.25, 0.3) is 0 Å². The molecule has 0 heterocycles. The molecule has 0 amide bonds. The number of carboxylic acid groups (broad SMARTS) is 1. The minimum Gasteiger partial charge on any atom is -0.504 e. The molecule has 1 rings (SSSR count). The van der Waals surface area contributed by atoms with Gasteiger partial charge in [0, 0.05) is 6.42 Å². The first-order valence-corrected chi connectivity index (χ1v) is 6.88. The van der Waals surface area contributed by atoms with Crippen LogP contribution in [0.15, 0.2) is 18.2 Å². The second-order valence-electron chi connectivity index (χ2n) is 4.34. The lowest BCUT2D eigenvalue weighted by atomic mass is 9.93. The van der Waals surface area contributed by atoms with Crippen molar-refractivity contribution in [3.8, 4) is 11.5 Å². The molecule has 1 aromatic carbocycles. The van der Waals surface area contributed by atoms with Crippen LogP contribution < -0.4 is 15.8 Å². The summed E-state index contributed by atoms with van der Waals surface area (Å²) in [4.78, 5) is 28.5. The fourth-order valence-corrected chi connectivity index (χ4v) is 1.87. The number of rotatable bonds is 6. The second kappa shape index (κ2) is 5.78. The van der Waals surface area contributed by atoms with E-state index in [1.807, 2.05) is 0 Å². The number of aromatic hydroxyl groups is 1. The zero-order valence-corrected chi connectivity index (χ0v) is 11.4. The maximum Gasteiger partial charge on any atom is 0.524 e. The van der Waals surface area contributed by atoms with E-state index >= 15 is 0 Å². The predicted octanol–water partition coefficient (Wildman–Crippen LogP) is -0.287. The smallest absolute Gasteiger partial charge is 0.504 e. The number of aliphatic carboxylic acids is 1. The molecule has 0 aliphatic heterocycles. The number of benzene rings is 1.